The maximum absolute atomic E-state index is 9.73. The Labute approximate surface area is 78.3 Å². The number of benzene rings is 1. The highest BCUT2D eigenvalue weighted by molar-refractivity contribution is 5.39. The summed E-state index contributed by atoms with van der Waals surface area (Å²) in [5.74, 6) is 0.332. The summed E-state index contributed by atoms with van der Waals surface area (Å²) in [6, 6.07) is 5.67. The van der Waals surface area contributed by atoms with E-state index in [0.29, 0.717) is 18.9 Å². The highest BCUT2D eigenvalue weighted by Gasteiger charge is 2.04. The first-order valence-corrected chi connectivity index (χ1v) is 4.23. The average molecular weight is 181 g/mol. The van der Waals surface area contributed by atoms with Gasteiger partial charge in [0, 0.05) is 24.8 Å². The van der Waals surface area contributed by atoms with E-state index in [2.05, 4.69) is 5.32 Å². The van der Waals surface area contributed by atoms with Crippen LogP contribution in [0, 0.1) is 0 Å². The van der Waals surface area contributed by atoms with Gasteiger partial charge in [-0.2, -0.15) is 0 Å². The first kappa shape index (κ1) is 10.0. The van der Waals surface area contributed by atoms with Gasteiger partial charge in [-0.1, -0.05) is 18.2 Å². The summed E-state index contributed by atoms with van der Waals surface area (Å²) >= 11 is 0. The van der Waals surface area contributed by atoms with Crippen molar-refractivity contribution in [2.45, 2.75) is 13.2 Å². The van der Waals surface area contributed by atoms with Crippen molar-refractivity contribution < 1.29 is 9.84 Å². The number of aromatic hydroxyl groups is 1. The molecule has 0 atom stereocenters. The highest BCUT2D eigenvalue weighted by atomic mass is 16.5. The van der Waals surface area contributed by atoms with Crippen LogP contribution in [0.5, 0.6) is 5.75 Å². The van der Waals surface area contributed by atoms with Gasteiger partial charge in [-0.3, -0.25) is 0 Å². The van der Waals surface area contributed by atoms with Crippen molar-refractivity contribution in [1.82, 2.24) is 5.32 Å². The number of phenols is 1. The zero-order valence-electron chi connectivity index (χ0n) is 8.00. The number of ether oxygens (including phenoxy) is 1. The predicted octanol–water partition coefficient (Wildman–Crippen LogP) is 1.26. The van der Waals surface area contributed by atoms with Crippen LogP contribution in [-0.2, 0) is 17.9 Å². The van der Waals surface area contributed by atoms with Gasteiger partial charge in [0.1, 0.15) is 5.75 Å². The van der Waals surface area contributed by atoms with Crippen LogP contribution in [0.15, 0.2) is 18.2 Å². The minimum Gasteiger partial charge on any atom is -0.507 e. The van der Waals surface area contributed by atoms with E-state index in [0.717, 1.165) is 11.1 Å². The molecule has 0 amide bonds. The number of hydrogen-bond acceptors (Lipinski definition) is 3. The Balaban J connectivity index is 2.89. The molecule has 0 aliphatic heterocycles. The van der Waals surface area contributed by atoms with Crippen molar-refractivity contribution in [1.29, 1.82) is 0 Å². The van der Waals surface area contributed by atoms with Crippen molar-refractivity contribution in [3.63, 3.8) is 0 Å². The number of phenolic OH excluding ortho intramolecular Hbond substituents is 1. The molecule has 0 spiro atoms. The molecule has 13 heavy (non-hydrogen) atoms. The Kier molecular flexibility index (Phi) is 3.73. The topological polar surface area (TPSA) is 41.5 Å². The Morgan fingerprint density at radius 3 is 2.69 bits per heavy atom. The summed E-state index contributed by atoms with van der Waals surface area (Å²) in [5.41, 5.74) is 1.73. The summed E-state index contributed by atoms with van der Waals surface area (Å²) in [5, 5.41) is 12.7. The molecule has 0 fully saturated rings. The molecule has 0 bridgehead atoms. The molecule has 1 rings (SSSR count). The van der Waals surface area contributed by atoms with Crippen LogP contribution < -0.4 is 5.32 Å². The zero-order chi connectivity index (χ0) is 9.68. The van der Waals surface area contributed by atoms with E-state index in [1.807, 2.05) is 25.2 Å². The quantitative estimate of drug-likeness (QED) is 0.734. The molecule has 1 aromatic carbocycles. The second-order valence-electron chi connectivity index (χ2n) is 2.89. The van der Waals surface area contributed by atoms with E-state index in [-0.39, 0.29) is 0 Å². The molecule has 0 unspecified atom stereocenters. The van der Waals surface area contributed by atoms with Gasteiger partial charge in [-0.05, 0) is 7.05 Å². The molecule has 0 radical (unpaired) electrons. The zero-order valence-corrected chi connectivity index (χ0v) is 8.00. The summed E-state index contributed by atoms with van der Waals surface area (Å²) in [7, 11) is 3.46. The molecule has 0 saturated carbocycles. The first-order valence-electron chi connectivity index (χ1n) is 4.23. The predicted molar refractivity (Wildman–Crippen MR) is 51.6 cm³/mol. The normalized spacial score (nSPS) is 10.3. The van der Waals surface area contributed by atoms with Crippen LogP contribution >= 0.6 is 0 Å². The van der Waals surface area contributed by atoms with Gasteiger partial charge in [0.25, 0.3) is 0 Å². The molecular weight excluding hydrogens is 166 g/mol. The van der Waals surface area contributed by atoms with Crippen molar-refractivity contribution in [2.75, 3.05) is 14.2 Å². The molecule has 0 aliphatic carbocycles. The summed E-state index contributed by atoms with van der Waals surface area (Å²) < 4.78 is 4.96. The molecule has 3 heteroatoms. The minimum atomic E-state index is 0.332. The van der Waals surface area contributed by atoms with Crippen LogP contribution in [0.1, 0.15) is 11.1 Å². The van der Waals surface area contributed by atoms with Gasteiger partial charge in [-0.25, -0.2) is 0 Å². The summed E-state index contributed by atoms with van der Waals surface area (Å²) in [6.07, 6.45) is 0. The van der Waals surface area contributed by atoms with E-state index >= 15 is 0 Å². The van der Waals surface area contributed by atoms with Crippen molar-refractivity contribution >= 4 is 0 Å². The molecular formula is C10H15NO2. The van der Waals surface area contributed by atoms with Gasteiger partial charge < -0.3 is 15.2 Å². The smallest absolute Gasteiger partial charge is 0.125 e. The lowest BCUT2D eigenvalue weighted by Crippen LogP contribution is -2.05. The molecule has 0 saturated heterocycles. The fraction of sp³-hybridized carbons (Fsp3) is 0.400. The third-order valence-corrected chi connectivity index (χ3v) is 1.87. The van der Waals surface area contributed by atoms with Crippen LogP contribution in [0.4, 0.5) is 0 Å². The van der Waals surface area contributed by atoms with E-state index in [4.69, 9.17) is 4.74 Å². The van der Waals surface area contributed by atoms with Crippen molar-refractivity contribution in [3.8, 4) is 5.75 Å². The van der Waals surface area contributed by atoms with Crippen LogP contribution in [-0.4, -0.2) is 19.3 Å². The first-order chi connectivity index (χ1) is 6.29. The van der Waals surface area contributed by atoms with Crippen molar-refractivity contribution in [3.05, 3.63) is 29.3 Å². The standard InChI is InChI=1S/C10H15NO2/c1-11-6-8-4-3-5-9(7-13-2)10(8)12/h3-5,11-12H,6-7H2,1-2H3. The number of rotatable bonds is 4. The lowest BCUT2D eigenvalue weighted by molar-refractivity contribution is 0.182. The molecule has 1 aromatic rings. The maximum Gasteiger partial charge on any atom is 0.125 e. The van der Waals surface area contributed by atoms with Gasteiger partial charge in [0.15, 0.2) is 0 Å². The largest absolute Gasteiger partial charge is 0.507 e. The Morgan fingerprint density at radius 1 is 1.38 bits per heavy atom. The molecule has 2 N–H and O–H groups in total. The second-order valence-corrected chi connectivity index (χ2v) is 2.89. The number of para-hydroxylation sites is 1. The Hall–Kier alpha value is -1.06. The lowest BCUT2D eigenvalue weighted by atomic mass is 10.1. The van der Waals surface area contributed by atoms with Crippen LogP contribution in [0.2, 0.25) is 0 Å². The SMILES string of the molecule is CNCc1cccc(COC)c1O. The third kappa shape index (κ3) is 2.44. The van der Waals surface area contributed by atoms with Gasteiger partial charge in [0.05, 0.1) is 6.61 Å². The van der Waals surface area contributed by atoms with E-state index < -0.39 is 0 Å². The summed E-state index contributed by atoms with van der Waals surface area (Å²) in [6.45, 7) is 1.12. The Morgan fingerprint density at radius 2 is 2.08 bits per heavy atom. The van der Waals surface area contributed by atoms with E-state index in [1.54, 1.807) is 7.11 Å². The molecule has 0 aromatic heterocycles. The number of methoxy groups -OCH3 is 1. The van der Waals surface area contributed by atoms with Gasteiger partial charge >= 0.3 is 0 Å². The third-order valence-electron chi connectivity index (χ3n) is 1.87. The minimum absolute atomic E-state index is 0.332. The maximum atomic E-state index is 9.73. The van der Waals surface area contributed by atoms with Gasteiger partial charge in [0.2, 0.25) is 0 Å². The molecule has 3 nitrogen and oxygen atoms in total. The molecule has 0 heterocycles. The van der Waals surface area contributed by atoms with E-state index in [1.165, 1.54) is 0 Å². The van der Waals surface area contributed by atoms with Gasteiger partial charge in [-0.15, -0.1) is 0 Å². The molecule has 72 valence electrons. The van der Waals surface area contributed by atoms with Crippen molar-refractivity contribution in [2.24, 2.45) is 0 Å². The van der Waals surface area contributed by atoms with E-state index in [9.17, 15) is 5.11 Å². The van der Waals surface area contributed by atoms with Crippen LogP contribution in [0.3, 0.4) is 0 Å². The number of nitrogens with one attached hydrogen (secondary N) is 1. The number of hydrogen-bond donors (Lipinski definition) is 2. The molecule has 0 aliphatic rings. The fourth-order valence-corrected chi connectivity index (χ4v) is 1.25. The summed E-state index contributed by atoms with van der Waals surface area (Å²) in [4.78, 5) is 0. The monoisotopic (exact) mass is 181 g/mol. The second kappa shape index (κ2) is 4.84. The highest BCUT2D eigenvalue weighted by Crippen LogP contribution is 2.22. The Bertz CT molecular complexity index is 249. The van der Waals surface area contributed by atoms with Crippen LogP contribution in [0.25, 0.3) is 0 Å². The average Bonchev–Trinajstić information content (AvgIpc) is 2.13. The fourth-order valence-electron chi connectivity index (χ4n) is 1.25. The lowest BCUT2D eigenvalue weighted by Gasteiger charge is -2.08.